The average Bonchev–Trinajstić information content (AvgIpc) is 2.91. The van der Waals surface area contributed by atoms with Crippen LogP contribution in [0.5, 0.6) is 11.5 Å². The fourth-order valence-electron chi connectivity index (χ4n) is 3.50. The highest BCUT2D eigenvalue weighted by molar-refractivity contribution is 6.35. The molecule has 0 aliphatic carbocycles. The van der Waals surface area contributed by atoms with Gasteiger partial charge in [-0.1, -0.05) is 35.3 Å². The molecule has 38 heavy (non-hydrogen) atoms. The molecule has 0 heterocycles. The smallest absolute Gasteiger partial charge is 0.337 e. The summed E-state index contributed by atoms with van der Waals surface area (Å²) in [6.45, 7) is 3.98. The molecule has 0 saturated heterocycles. The minimum absolute atomic E-state index is 0.129. The van der Waals surface area contributed by atoms with Crippen LogP contribution in [0.25, 0.3) is 6.08 Å². The lowest BCUT2D eigenvalue weighted by Gasteiger charge is -2.16. The first-order valence-corrected chi connectivity index (χ1v) is 12.0. The molecule has 7 nitrogen and oxygen atoms in total. The van der Waals surface area contributed by atoms with E-state index in [1.807, 2.05) is 6.07 Å². The van der Waals surface area contributed by atoms with Crippen LogP contribution >= 0.6 is 23.2 Å². The van der Waals surface area contributed by atoms with Crippen LogP contribution in [0.3, 0.4) is 0 Å². The van der Waals surface area contributed by atoms with Crippen LogP contribution in [-0.2, 0) is 22.6 Å². The molecule has 3 aromatic rings. The van der Waals surface area contributed by atoms with E-state index in [4.69, 9.17) is 32.7 Å². The Morgan fingerprint density at radius 2 is 1.79 bits per heavy atom. The van der Waals surface area contributed by atoms with Gasteiger partial charge in [0, 0.05) is 26.9 Å². The minimum atomic E-state index is -0.611. The van der Waals surface area contributed by atoms with Crippen LogP contribution in [0, 0.1) is 11.3 Å². The molecule has 0 aliphatic rings. The van der Waals surface area contributed by atoms with Gasteiger partial charge in [-0.15, -0.1) is 6.58 Å². The molecule has 0 fully saturated rings. The van der Waals surface area contributed by atoms with E-state index in [2.05, 4.69) is 16.6 Å². The molecule has 1 amide bonds. The number of nitrogens with zero attached hydrogens (tertiary/aromatic N) is 1. The maximum absolute atomic E-state index is 12.8. The van der Waals surface area contributed by atoms with Crippen molar-refractivity contribution in [2.45, 2.75) is 13.0 Å². The number of methoxy groups -OCH3 is 2. The van der Waals surface area contributed by atoms with E-state index in [9.17, 15) is 14.9 Å². The second-order valence-electron chi connectivity index (χ2n) is 7.92. The number of nitriles is 1. The largest absolute Gasteiger partial charge is 0.493 e. The Morgan fingerprint density at radius 3 is 2.39 bits per heavy atom. The van der Waals surface area contributed by atoms with Gasteiger partial charge in [0.15, 0.2) is 11.5 Å². The van der Waals surface area contributed by atoms with Gasteiger partial charge in [-0.3, -0.25) is 4.79 Å². The Hall–Kier alpha value is -4.25. The lowest BCUT2D eigenvalue weighted by Crippen LogP contribution is -2.13. The van der Waals surface area contributed by atoms with Gasteiger partial charge in [0.25, 0.3) is 5.91 Å². The Kier molecular flexibility index (Phi) is 9.94. The van der Waals surface area contributed by atoms with E-state index in [1.54, 1.807) is 48.5 Å². The second-order valence-corrected chi connectivity index (χ2v) is 8.77. The number of ether oxygens (including phenoxy) is 3. The molecular weight excluding hydrogens is 527 g/mol. The molecule has 3 aromatic carbocycles. The highest BCUT2D eigenvalue weighted by Crippen LogP contribution is 2.35. The van der Waals surface area contributed by atoms with Crippen molar-refractivity contribution in [3.8, 4) is 17.6 Å². The number of carbonyl (C=O) groups excluding carboxylic acids is 2. The summed E-state index contributed by atoms with van der Waals surface area (Å²) in [5, 5.41) is 13.3. The molecule has 0 saturated carbocycles. The van der Waals surface area contributed by atoms with Gasteiger partial charge in [-0.2, -0.15) is 5.26 Å². The van der Waals surface area contributed by atoms with Crippen molar-refractivity contribution < 1.29 is 23.8 Å². The molecule has 194 valence electrons. The van der Waals surface area contributed by atoms with Gasteiger partial charge in [0.1, 0.15) is 18.2 Å². The summed E-state index contributed by atoms with van der Waals surface area (Å²) in [6.07, 6.45) is 3.61. The summed E-state index contributed by atoms with van der Waals surface area (Å²) in [7, 11) is 2.78. The van der Waals surface area contributed by atoms with Crippen LogP contribution in [0.2, 0.25) is 10.0 Å². The first-order valence-electron chi connectivity index (χ1n) is 11.3. The lowest BCUT2D eigenvalue weighted by atomic mass is 10.0. The first-order chi connectivity index (χ1) is 18.3. The zero-order chi connectivity index (χ0) is 27.7. The molecule has 0 aromatic heterocycles. The van der Waals surface area contributed by atoms with Crippen molar-refractivity contribution in [2.75, 3.05) is 19.5 Å². The zero-order valence-corrected chi connectivity index (χ0v) is 22.2. The summed E-state index contributed by atoms with van der Waals surface area (Å²) >= 11 is 12.3. The van der Waals surface area contributed by atoms with Crippen molar-refractivity contribution in [2.24, 2.45) is 0 Å². The molecule has 0 aliphatic heterocycles. The quantitative estimate of drug-likeness (QED) is 0.131. The van der Waals surface area contributed by atoms with Crippen molar-refractivity contribution >= 4 is 46.8 Å². The number of hydrogen-bond donors (Lipinski definition) is 1. The Bertz CT molecular complexity index is 1430. The highest BCUT2D eigenvalue weighted by Gasteiger charge is 2.16. The molecule has 0 bridgehead atoms. The number of amides is 1. The van der Waals surface area contributed by atoms with Crippen molar-refractivity contribution in [1.29, 1.82) is 5.26 Å². The lowest BCUT2D eigenvalue weighted by molar-refractivity contribution is -0.112. The first kappa shape index (κ1) is 28.3. The third-order valence-electron chi connectivity index (χ3n) is 5.37. The summed E-state index contributed by atoms with van der Waals surface area (Å²) < 4.78 is 16.3. The standard InChI is InChI=1S/C29H24Cl2N2O5/c1-4-5-20-12-18(14-26(36-2)27(20)38-17-21-6-9-23(30)15-25(21)31)13-22(16-32)28(34)33-24-10-7-19(8-11-24)29(35)37-3/h4,6-15H,1,5,17H2,2-3H3,(H,33,34)/b22-13+. The number of carbonyl (C=O) groups is 2. The fraction of sp³-hybridized carbons (Fsp3) is 0.138. The number of esters is 1. The van der Waals surface area contributed by atoms with Crippen molar-refractivity contribution in [1.82, 2.24) is 0 Å². The van der Waals surface area contributed by atoms with Gasteiger partial charge in [0.2, 0.25) is 0 Å². The Morgan fingerprint density at radius 1 is 1.05 bits per heavy atom. The number of halogens is 2. The monoisotopic (exact) mass is 550 g/mol. The topological polar surface area (TPSA) is 97.7 Å². The molecule has 9 heteroatoms. The Balaban J connectivity index is 1.87. The predicted octanol–water partition coefficient (Wildman–Crippen LogP) is 6.64. The van der Waals surface area contributed by atoms with E-state index in [0.717, 1.165) is 11.1 Å². The Labute approximate surface area is 230 Å². The minimum Gasteiger partial charge on any atom is -0.493 e. The number of allylic oxidation sites excluding steroid dienone is 1. The van der Waals surface area contributed by atoms with Crippen LogP contribution in [0.15, 0.2) is 72.8 Å². The average molecular weight is 551 g/mol. The van der Waals surface area contributed by atoms with Gasteiger partial charge >= 0.3 is 5.97 Å². The number of benzene rings is 3. The van der Waals surface area contributed by atoms with Crippen LogP contribution in [0.4, 0.5) is 5.69 Å². The maximum atomic E-state index is 12.8. The summed E-state index contributed by atoms with van der Waals surface area (Å²) in [5.74, 6) is -0.199. The second kappa shape index (κ2) is 13.3. The normalized spacial score (nSPS) is 10.8. The van der Waals surface area contributed by atoms with E-state index in [1.165, 1.54) is 32.4 Å². The molecule has 3 rings (SSSR count). The number of hydrogen-bond acceptors (Lipinski definition) is 6. The molecule has 0 spiro atoms. The summed E-state index contributed by atoms with van der Waals surface area (Å²) in [4.78, 5) is 24.4. The van der Waals surface area contributed by atoms with Crippen LogP contribution in [0.1, 0.15) is 27.0 Å². The van der Waals surface area contributed by atoms with E-state index < -0.39 is 11.9 Å². The number of nitrogens with one attached hydrogen (secondary N) is 1. The van der Waals surface area contributed by atoms with Gasteiger partial charge in [0.05, 0.1) is 19.8 Å². The maximum Gasteiger partial charge on any atom is 0.337 e. The van der Waals surface area contributed by atoms with Gasteiger partial charge in [-0.25, -0.2) is 4.79 Å². The SMILES string of the molecule is C=CCc1cc(/C=C(\C#N)C(=O)Nc2ccc(C(=O)OC)cc2)cc(OC)c1OCc1ccc(Cl)cc1Cl. The fourth-order valence-corrected chi connectivity index (χ4v) is 3.96. The van der Waals surface area contributed by atoms with E-state index in [0.29, 0.717) is 44.8 Å². The van der Waals surface area contributed by atoms with Gasteiger partial charge < -0.3 is 19.5 Å². The third-order valence-corrected chi connectivity index (χ3v) is 5.95. The van der Waals surface area contributed by atoms with E-state index in [-0.39, 0.29) is 12.2 Å². The molecule has 0 radical (unpaired) electrons. The third kappa shape index (κ3) is 7.16. The summed E-state index contributed by atoms with van der Waals surface area (Å²) in [5.41, 5.74) is 2.67. The summed E-state index contributed by atoms with van der Waals surface area (Å²) in [6, 6.07) is 16.6. The molecule has 0 unspecified atom stereocenters. The highest BCUT2D eigenvalue weighted by atomic mass is 35.5. The van der Waals surface area contributed by atoms with E-state index >= 15 is 0 Å². The predicted molar refractivity (Wildman–Crippen MR) is 148 cm³/mol. The molecule has 1 N–H and O–H groups in total. The van der Waals surface area contributed by atoms with Gasteiger partial charge in [-0.05, 0) is 66.6 Å². The van der Waals surface area contributed by atoms with Crippen LogP contribution < -0.4 is 14.8 Å². The molecule has 0 atom stereocenters. The number of anilines is 1. The van der Waals surface area contributed by atoms with Crippen molar-refractivity contribution in [3.63, 3.8) is 0 Å². The zero-order valence-electron chi connectivity index (χ0n) is 20.7. The molecular formula is C29H24Cl2N2O5. The van der Waals surface area contributed by atoms with Crippen molar-refractivity contribution in [3.05, 3.63) is 105 Å². The number of rotatable bonds is 10. The van der Waals surface area contributed by atoms with Crippen LogP contribution in [-0.4, -0.2) is 26.1 Å².